The molecule has 8 heteroatoms. The van der Waals surface area contributed by atoms with Crippen LogP contribution in [-0.4, -0.2) is 34.3 Å². The van der Waals surface area contributed by atoms with Crippen LogP contribution in [0.3, 0.4) is 0 Å². The number of amides is 1. The third-order valence-electron chi connectivity index (χ3n) is 4.25. The molecule has 1 fully saturated rings. The van der Waals surface area contributed by atoms with E-state index in [-0.39, 0.29) is 22.9 Å². The first-order valence-electron chi connectivity index (χ1n) is 8.55. The number of methoxy groups -OCH3 is 2. The molecule has 27 heavy (non-hydrogen) atoms. The highest BCUT2D eigenvalue weighted by Crippen LogP contribution is 2.32. The van der Waals surface area contributed by atoms with Crippen molar-refractivity contribution in [2.45, 2.75) is 12.8 Å². The first-order valence-corrected chi connectivity index (χ1v) is 10.2. The van der Waals surface area contributed by atoms with Crippen molar-refractivity contribution in [3.63, 3.8) is 0 Å². The Kier molecular flexibility index (Phi) is 5.55. The Labute approximate surface area is 158 Å². The summed E-state index contributed by atoms with van der Waals surface area (Å²) >= 11 is 0. The van der Waals surface area contributed by atoms with E-state index < -0.39 is 15.9 Å². The number of hydrogen-bond acceptors (Lipinski definition) is 5. The molecule has 1 aliphatic rings. The zero-order chi connectivity index (χ0) is 19.4. The number of hydrogen-bond donors (Lipinski definition) is 2. The van der Waals surface area contributed by atoms with Crippen molar-refractivity contribution in [1.82, 2.24) is 0 Å². The second-order valence-corrected chi connectivity index (χ2v) is 8.16. The van der Waals surface area contributed by atoms with Gasteiger partial charge in [0.2, 0.25) is 10.0 Å². The molecule has 0 saturated heterocycles. The van der Waals surface area contributed by atoms with E-state index in [4.69, 9.17) is 9.47 Å². The van der Waals surface area contributed by atoms with Crippen molar-refractivity contribution in [2.75, 3.05) is 30.0 Å². The number of carbonyl (C=O) groups is 1. The van der Waals surface area contributed by atoms with Gasteiger partial charge < -0.3 is 14.8 Å². The van der Waals surface area contributed by atoms with Crippen LogP contribution in [-0.2, 0) is 10.0 Å². The first-order chi connectivity index (χ1) is 12.9. The molecule has 2 aromatic rings. The number of benzene rings is 2. The van der Waals surface area contributed by atoms with E-state index in [0.29, 0.717) is 17.2 Å². The van der Waals surface area contributed by atoms with Crippen LogP contribution in [0, 0.1) is 5.92 Å². The molecular weight excluding hydrogens is 368 g/mol. The number of rotatable bonds is 8. The van der Waals surface area contributed by atoms with Gasteiger partial charge >= 0.3 is 0 Å². The highest BCUT2D eigenvalue weighted by Gasteiger charge is 2.28. The third-order valence-corrected chi connectivity index (χ3v) is 5.69. The van der Waals surface area contributed by atoms with E-state index in [2.05, 4.69) is 10.0 Å². The lowest BCUT2D eigenvalue weighted by Crippen LogP contribution is -2.21. The Morgan fingerprint density at radius 3 is 2.48 bits per heavy atom. The van der Waals surface area contributed by atoms with Crippen LogP contribution in [0.4, 0.5) is 11.4 Å². The van der Waals surface area contributed by atoms with E-state index in [9.17, 15) is 13.2 Å². The van der Waals surface area contributed by atoms with Crippen molar-refractivity contribution in [2.24, 2.45) is 5.92 Å². The van der Waals surface area contributed by atoms with Crippen LogP contribution in [0.25, 0.3) is 0 Å². The molecule has 0 bridgehead atoms. The maximum Gasteiger partial charge on any atom is 0.257 e. The fourth-order valence-electron chi connectivity index (χ4n) is 2.67. The summed E-state index contributed by atoms with van der Waals surface area (Å²) in [6, 6.07) is 11.5. The van der Waals surface area contributed by atoms with Gasteiger partial charge in [0.05, 0.1) is 36.9 Å². The maximum atomic E-state index is 12.7. The van der Waals surface area contributed by atoms with Crippen LogP contribution < -0.4 is 19.5 Å². The van der Waals surface area contributed by atoms with Gasteiger partial charge in [0.1, 0.15) is 11.5 Å². The molecule has 2 aromatic carbocycles. The third kappa shape index (κ3) is 4.91. The zero-order valence-corrected chi connectivity index (χ0v) is 16.0. The largest absolute Gasteiger partial charge is 0.497 e. The van der Waals surface area contributed by atoms with Gasteiger partial charge in [0.25, 0.3) is 5.91 Å². The fourth-order valence-corrected chi connectivity index (χ4v) is 4.22. The second-order valence-electron chi connectivity index (χ2n) is 6.39. The number of carbonyl (C=O) groups excluding carboxylic acids is 1. The molecule has 0 heterocycles. The van der Waals surface area contributed by atoms with Gasteiger partial charge in [-0.05, 0) is 43.0 Å². The summed E-state index contributed by atoms with van der Waals surface area (Å²) in [6.07, 6.45) is 1.86. The number of anilines is 2. The number of para-hydroxylation sites is 1. The highest BCUT2D eigenvalue weighted by molar-refractivity contribution is 7.92. The molecular formula is C19H22N2O5S. The quantitative estimate of drug-likeness (QED) is 0.722. The van der Waals surface area contributed by atoms with Crippen LogP contribution in [0.1, 0.15) is 23.2 Å². The molecule has 3 rings (SSSR count). The molecule has 144 valence electrons. The van der Waals surface area contributed by atoms with Crippen molar-refractivity contribution >= 4 is 27.3 Å². The molecule has 2 N–H and O–H groups in total. The molecule has 0 unspecified atom stereocenters. The smallest absolute Gasteiger partial charge is 0.257 e. The Morgan fingerprint density at radius 1 is 1.07 bits per heavy atom. The summed E-state index contributed by atoms with van der Waals surface area (Å²) in [4.78, 5) is 12.7. The normalized spacial score (nSPS) is 13.7. The van der Waals surface area contributed by atoms with Gasteiger partial charge in [-0.25, -0.2) is 8.42 Å². The molecule has 0 spiro atoms. The Bertz CT molecular complexity index is 939. The lowest BCUT2D eigenvalue weighted by Gasteiger charge is -2.14. The second kappa shape index (κ2) is 7.87. The van der Waals surface area contributed by atoms with E-state index in [0.717, 1.165) is 12.8 Å². The van der Waals surface area contributed by atoms with Gasteiger partial charge in [-0.15, -0.1) is 0 Å². The van der Waals surface area contributed by atoms with Crippen LogP contribution in [0.15, 0.2) is 42.5 Å². The minimum absolute atomic E-state index is 0.0786. The highest BCUT2D eigenvalue weighted by atomic mass is 32.2. The van der Waals surface area contributed by atoms with Gasteiger partial charge in [-0.2, -0.15) is 0 Å². The first kappa shape index (κ1) is 19.0. The van der Waals surface area contributed by atoms with Gasteiger partial charge in [0.15, 0.2) is 0 Å². The van der Waals surface area contributed by atoms with Crippen LogP contribution >= 0.6 is 0 Å². The van der Waals surface area contributed by atoms with Crippen molar-refractivity contribution in [1.29, 1.82) is 0 Å². The molecule has 7 nitrogen and oxygen atoms in total. The number of nitrogens with one attached hydrogen (secondary N) is 2. The Balaban J connectivity index is 1.81. The molecule has 0 aromatic heterocycles. The predicted octanol–water partition coefficient (Wildman–Crippen LogP) is 3.11. The standard InChI is InChI=1S/C19H22N2O5S/c1-25-14-9-10-17(18(11-14)26-2)20-19(22)15-5-3-4-6-16(15)21-27(23,24)12-13-7-8-13/h3-6,9-11,13,21H,7-8,12H2,1-2H3,(H,20,22). The lowest BCUT2D eigenvalue weighted by molar-refractivity contribution is 0.102. The van der Waals surface area contributed by atoms with Crippen molar-refractivity contribution in [3.8, 4) is 11.5 Å². The monoisotopic (exact) mass is 390 g/mol. The summed E-state index contributed by atoms with van der Waals surface area (Å²) in [5, 5.41) is 2.75. The minimum atomic E-state index is -3.49. The Morgan fingerprint density at radius 2 is 1.81 bits per heavy atom. The molecule has 0 aliphatic heterocycles. The molecule has 0 radical (unpaired) electrons. The van der Waals surface area contributed by atoms with E-state index in [1.807, 2.05) is 0 Å². The van der Waals surface area contributed by atoms with Crippen LogP contribution in [0.2, 0.25) is 0 Å². The number of ether oxygens (including phenoxy) is 2. The minimum Gasteiger partial charge on any atom is -0.497 e. The average molecular weight is 390 g/mol. The Hall–Kier alpha value is -2.74. The zero-order valence-electron chi connectivity index (χ0n) is 15.2. The van der Waals surface area contributed by atoms with Crippen molar-refractivity contribution < 1.29 is 22.7 Å². The molecule has 0 atom stereocenters. The summed E-state index contributed by atoms with van der Waals surface area (Å²) in [7, 11) is -0.464. The lowest BCUT2D eigenvalue weighted by atomic mass is 10.1. The predicted molar refractivity (Wildman–Crippen MR) is 104 cm³/mol. The molecule has 1 aliphatic carbocycles. The van der Waals surface area contributed by atoms with Gasteiger partial charge in [-0.1, -0.05) is 12.1 Å². The SMILES string of the molecule is COc1ccc(NC(=O)c2ccccc2NS(=O)(=O)CC2CC2)c(OC)c1. The summed E-state index contributed by atoms with van der Waals surface area (Å²) < 4.78 is 37.5. The van der Waals surface area contributed by atoms with E-state index >= 15 is 0 Å². The van der Waals surface area contributed by atoms with Crippen molar-refractivity contribution in [3.05, 3.63) is 48.0 Å². The number of sulfonamides is 1. The topological polar surface area (TPSA) is 93.7 Å². The fraction of sp³-hybridized carbons (Fsp3) is 0.316. The van der Waals surface area contributed by atoms with E-state index in [1.165, 1.54) is 14.2 Å². The summed E-state index contributed by atoms with van der Waals surface area (Å²) in [5.41, 5.74) is 0.941. The maximum absolute atomic E-state index is 12.7. The average Bonchev–Trinajstić information content (AvgIpc) is 3.45. The van der Waals surface area contributed by atoms with Gasteiger partial charge in [0, 0.05) is 6.07 Å². The molecule has 1 amide bonds. The van der Waals surface area contributed by atoms with Gasteiger partial charge in [-0.3, -0.25) is 9.52 Å². The van der Waals surface area contributed by atoms with Crippen LogP contribution in [0.5, 0.6) is 11.5 Å². The summed E-state index contributed by atoms with van der Waals surface area (Å²) in [6.45, 7) is 0. The summed E-state index contributed by atoms with van der Waals surface area (Å²) in [5.74, 6) is 0.887. The van der Waals surface area contributed by atoms with E-state index in [1.54, 1.807) is 42.5 Å². The molecule has 1 saturated carbocycles.